The van der Waals surface area contributed by atoms with E-state index in [0.29, 0.717) is 12.1 Å². The second kappa shape index (κ2) is 3.85. The van der Waals surface area contributed by atoms with Crippen molar-refractivity contribution in [2.45, 2.75) is 19.4 Å². The van der Waals surface area contributed by atoms with Gasteiger partial charge in [0, 0.05) is 12.1 Å². The molecule has 0 spiro atoms. The van der Waals surface area contributed by atoms with Crippen LogP contribution < -0.4 is 4.74 Å². The first-order chi connectivity index (χ1) is 6.85. The molecule has 0 aromatic heterocycles. The van der Waals surface area contributed by atoms with Crippen LogP contribution in [0.2, 0.25) is 0 Å². The molecule has 0 heterocycles. The van der Waals surface area contributed by atoms with E-state index in [4.69, 9.17) is 11.2 Å². The van der Waals surface area contributed by atoms with Crippen LogP contribution in [0.4, 0.5) is 13.2 Å². The molecule has 1 aromatic carbocycles. The van der Waals surface area contributed by atoms with Crippen molar-refractivity contribution >= 4 is 0 Å². The highest BCUT2D eigenvalue weighted by Gasteiger charge is 2.21. The van der Waals surface area contributed by atoms with E-state index in [9.17, 15) is 13.2 Å². The summed E-state index contributed by atoms with van der Waals surface area (Å²) in [5, 5.41) is 0. The lowest BCUT2D eigenvalue weighted by Crippen LogP contribution is -2.26. The molecule has 0 aliphatic rings. The minimum atomic E-state index is -1.15. The van der Waals surface area contributed by atoms with Crippen LogP contribution in [0.15, 0.2) is 12.1 Å². The molecule has 0 atom stereocenters. The van der Waals surface area contributed by atoms with Crippen LogP contribution in [0.3, 0.4) is 0 Å². The highest BCUT2D eigenvalue weighted by atomic mass is 19.1. The Hall–Kier alpha value is -1.63. The Labute approximate surface area is 85.9 Å². The molecule has 0 saturated carbocycles. The summed E-state index contributed by atoms with van der Waals surface area (Å²) in [6.45, 7) is 2.93. The fourth-order valence-corrected chi connectivity index (χ4v) is 0.911. The highest BCUT2D eigenvalue weighted by molar-refractivity contribution is 5.28. The predicted molar refractivity (Wildman–Crippen MR) is 49.9 cm³/mol. The zero-order valence-electron chi connectivity index (χ0n) is 8.27. The third kappa shape index (κ3) is 2.66. The van der Waals surface area contributed by atoms with Crippen LogP contribution in [0, 0.1) is 29.8 Å². The SMILES string of the molecule is C#CC(C)(C)Oc1c(F)cc(F)cc1F. The summed E-state index contributed by atoms with van der Waals surface area (Å²) in [5.41, 5.74) is -1.15. The van der Waals surface area contributed by atoms with Gasteiger partial charge in [0.05, 0.1) is 0 Å². The largest absolute Gasteiger partial charge is 0.469 e. The van der Waals surface area contributed by atoms with Crippen LogP contribution in [0.5, 0.6) is 5.75 Å². The molecule has 15 heavy (non-hydrogen) atoms. The molecule has 0 unspecified atom stereocenters. The standard InChI is InChI=1S/C11H9F3O/c1-4-11(2,3)15-10-8(13)5-7(12)6-9(10)14/h1,5-6H,2-3H3. The molecule has 80 valence electrons. The summed E-state index contributed by atoms with van der Waals surface area (Å²) >= 11 is 0. The molecule has 0 N–H and O–H groups in total. The Bertz CT molecular complexity index is 395. The second-order valence-electron chi connectivity index (χ2n) is 3.46. The van der Waals surface area contributed by atoms with Crippen molar-refractivity contribution in [3.8, 4) is 18.1 Å². The fourth-order valence-electron chi connectivity index (χ4n) is 0.911. The normalized spacial score (nSPS) is 10.9. The minimum Gasteiger partial charge on any atom is -0.469 e. The molecule has 0 aliphatic heterocycles. The van der Waals surface area contributed by atoms with E-state index in [2.05, 4.69) is 5.92 Å². The van der Waals surface area contributed by atoms with E-state index in [-0.39, 0.29) is 0 Å². The summed E-state index contributed by atoms with van der Waals surface area (Å²) in [6.07, 6.45) is 5.09. The molecule has 0 aliphatic carbocycles. The summed E-state index contributed by atoms with van der Waals surface area (Å²) in [4.78, 5) is 0. The van der Waals surface area contributed by atoms with Gasteiger partial charge in [0.1, 0.15) is 5.82 Å². The number of ether oxygens (including phenoxy) is 1. The molecule has 0 radical (unpaired) electrons. The van der Waals surface area contributed by atoms with E-state index in [0.717, 1.165) is 0 Å². The predicted octanol–water partition coefficient (Wildman–Crippen LogP) is 2.89. The lowest BCUT2D eigenvalue weighted by molar-refractivity contribution is 0.155. The van der Waals surface area contributed by atoms with Crippen LogP contribution in [0.25, 0.3) is 0 Å². The smallest absolute Gasteiger partial charge is 0.193 e. The van der Waals surface area contributed by atoms with Gasteiger partial charge >= 0.3 is 0 Å². The molecule has 4 heteroatoms. The third-order valence-corrected chi connectivity index (χ3v) is 1.67. The van der Waals surface area contributed by atoms with E-state index in [1.807, 2.05) is 0 Å². The monoisotopic (exact) mass is 214 g/mol. The van der Waals surface area contributed by atoms with Crippen molar-refractivity contribution in [2.75, 3.05) is 0 Å². The van der Waals surface area contributed by atoms with Gasteiger partial charge in [-0.05, 0) is 13.8 Å². The first kappa shape index (κ1) is 11.4. The van der Waals surface area contributed by atoms with Gasteiger partial charge < -0.3 is 4.74 Å². The number of halogens is 3. The molecule has 1 rings (SSSR count). The van der Waals surface area contributed by atoms with E-state index >= 15 is 0 Å². The number of rotatable bonds is 2. The number of hydrogen-bond donors (Lipinski definition) is 0. The van der Waals surface area contributed by atoms with E-state index < -0.39 is 28.8 Å². The maximum absolute atomic E-state index is 13.1. The zero-order chi connectivity index (χ0) is 11.6. The first-order valence-corrected chi connectivity index (χ1v) is 4.17. The van der Waals surface area contributed by atoms with Crippen molar-refractivity contribution in [3.05, 3.63) is 29.6 Å². The molecule has 1 aromatic rings. The number of terminal acetylenes is 1. The Kier molecular flexibility index (Phi) is 2.94. The van der Waals surface area contributed by atoms with Crippen molar-refractivity contribution in [3.63, 3.8) is 0 Å². The summed E-state index contributed by atoms with van der Waals surface area (Å²) in [7, 11) is 0. The summed E-state index contributed by atoms with van der Waals surface area (Å²) in [6, 6.07) is 1.07. The van der Waals surface area contributed by atoms with Crippen LogP contribution >= 0.6 is 0 Å². The summed E-state index contributed by atoms with van der Waals surface area (Å²) in [5.74, 6) is -1.69. The molecular weight excluding hydrogens is 205 g/mol. The topological polar surface area (TPSA) is 9.23 Å². The number of benzene rings is 1. The molecule has 1 nitrogen and oxygen atoms in total. The molecule has 0 amide bonds. The van der Waals surface area contributed by atoms with Gasteiger partial charge in [-0.25, -0.2) is 13.2 Å². The van der Waals surface area contributed by atoms with Crippen LogP contribution in [-0.2, 0) is 0 Å². The van der Waals surface area contributed by atoms with Gasteiger partial charge in [-0.15, -0.1) is 6.42 Å². The fraction of sp³-hybridized carbons (Fsp3) is 0.273. The van der Waals surface area contributed by atoms with Crippen molar-refractivity contribution in [1.29, 1.82) is 0 Å². The minimum absolute atomic E-state index is 0.533. The molecule has 0 bridgehead atoms. The molecular formula is C11H9F3O. The van der Waals surface area contributed by atoms with Crippen LogP contribution in [-0.4, -0.2) is 5.60 Å². The lowest BCUT2D eigenvalue weighted by atomic mass is 10.1. The van der Waals surface area contributed by atoms with E-state index in [1.54, 1.807) is 0 Å². The lowest BCUT2D eigenvalue weighted by Gasteiger charge is -2.20. The quantitative estimate of drug-likeness (QED) is 0.688. The Balaban J connectivity index is 3.12. The van der Waals surface area contributed by atoms with Gasteiger partial charge in [0.15, 0.2) is 23.0 Å². The Morgan fingerprint density at radius 3 is 2.07 bits per heavy atom. The Morgan fingerprint density at radius 2 is 1.67 bits per heavy atom. The first-order valence-electron chi connectivity index (χ1n) is 4.17. The van der Waals surface area contributed by atoms with Gasteiger partial charge in [-0.3, -0.25) is 0 Å². The van der Waals surface area contributed by atoms with Gasteiger partial charge in [0.25, 0.3) is 0 Å². The van der Waals surface area contributed by atoms with E-state index in [1.165, 1.54) is 13.8 Å². The maximum atomic E-state index is 13.1. The third-order valence-electron chi connectivity index (χ3n) is 1.67. The number of hydrogen-bond acceptors (Lipinski definition) is 1. The average Bonchev–Trinajstić information content (AvgIpc) is 2.11. The zero-order valence-corrected chi connectivity index (χ0v) is 8.27. The second-order valence-corrected chi connectivity index (χ2v) is 3.46. The van der Waals surface area contributed by atoms with Crippen LogP contribution in [0.1, 0.15) is 13.8 Å². The van der Waals surface area contributed by atoms with Gasteiger partial charge in [-0.2, -0.15) is 0 Å². The summed E-state index contributed by atoms with van der Waals surface area (Å²) < 4.78 is 43.7. The van der Waals surface area contributed by atoms with Gasteiger partial charge in [0.2, 0.25) is 0 Å². The van der Waals surface area contributed by atoms with Crippen molar-refractivity contribution in [1.82, 2.24) is 0 Å². The van der Waals surface area contributed by atoms with Crippen molar-refractivity contribution in [2.24, 2.45) is 0 Å². The maximum Gasteiger partial charge on any atom is 0.193 e. The highest BCUT2D eigenvalue weighted by Crippen LogP contribution is 2.26. The van der Waals surface area contributed by atoms with Crippen molar-refractivity contribution < 1.29 is 17.9 Å². The Morgan fingerprint density at radius 1 is 1.20 bits per heavy atom. The molecule has 0 saturated heterocycles. The van der Waals surface area contributed by atoms with Gasteiger partial charge in [-0.1, -0.05) is 5.92 Å². The average molecular weight is 214 g/mol. The molecule has 0 fully saturated rings.